The Morgan fingerprint density at radius 3 is 2.52 bits per heavy atom. The third-order valence-electron chi connectivity index (χ3n) is 4.43. The van der Waals surface area contributed by atoms with Gasteiger partial charge in [-0.05, 0) is 42.5 Å². The first-order valence-corrected chi connectivity index (χ1v) is 11.8. The second kappa shape index (κ2) is 11.2. The molecule has 3 aromatic carbocycles. The lowest BCUT2D eigenvalue weighted by Gasteiger charge is -2.14. The van der Waals surface area contributed by atoms with E-state index in [0.717, 1.165) is 0 Å². The SMILES string of the molecule is COCCOc1ccccc1CC(=O)Nc1ccc(Oc2cccc(Cl)c2)c(S(N)(=O)=O)c1. The fourth-order valence-electron chi connectivity index (χ4n) is 2.95. The summed E-state index contributed by atoms with van der Waals surface area (Å²) >= 11 is 5.95. The first-order valence-electron chi connectivity index (χ1n) is 9.86. The summed E-state index contributed by atoms with van der Waals surface area (Å²) < 4.78 is 40.6. The summed E-state index contributed by atoms with van der Waals surface area (Å²) in [5.74, 6) is 0.561. The molecule has 0 aliphatic rings. The van der Waals surface area contributed by atoms with Gasteiger partial charge in [-0.25, -0.2) is 13.6 Å². The van der Waals surface area contributed by atoms with Crippen LogP contribution >= 0.6 is 11.6 Å². The van der Waals surface area contributed by atoms with Gasteiger partial charge in [0, 0.05) is 23.4 Å². The van der Waals surface area contributed by atoms with Crippen LogP contribution < -0.4 is 19.9 Å². The van der Waals surface area contributed by atoms with E-state index in [1.54, 1.807) is 49.6 Å². The van der Waals surface area contributed by atoms with Gasteiger partial charge in [0.25, 0.3) is 0 Å². The lowest BCUT2D eigenvalue weighted by molar-refractivity contribution is -0.115. The van der Waals surface area contributed by atoms with Crippen molar-refractivity contribution >= 4 is 33.2 Å². The van der Waals surface area contributed by atoms with Crippen LogP contribution in [0.5, 0.6) is 17.2 Å². The molecule has 0 aliphatic heterocycles. The Bertz CT molecular complexity index is 1230. The number of ether oxygens (including phenoxy) is 3. The summed E-state index contributed by atoms with van der Waals surface area (Å²) in [4.78, 5) is 12.3. The highest BCUT2D eigenvalue weighted by Gasteiger charge is 2.18. The number of rotatable bonds is 10. The average molecular weight is 491 g/mol. The number of anilines is 1. The first-order chi connectivity index (χ1) is 15.8. The number of hydrogen-bond acceptors (Lipinski definition) is 6. The number of carbonyl (C=O) groups is 1. The molecule has 33 heavy (non-hydrogen) atoms. The number of methoxy groups -OCH3 is 1. The number of nitrogens with two attached hydrogens (primary N) is 1. The van der Waals surface area contributed by atoms with Crippen LogP contribution in [0.3, 0.4) is 0 Å². The van der Waals surface area contributed by atoms with Gasteiger partial charge in [0.05, 0.1) is 13.0 Å². The maximum Gasteiger partial charge on any atom is 0.241 e. The normalized spacial score (nSPS) is 11.1. The van der Waals surface area contributed by atoms with Gasteiger partial charge in [-0.1, -0.05) is 35.9 Å². The largest absolute Gasteiger partial charge is 0.491 e. The number of para-hydroxylation sites is 1. The van der Waals surface area contributed by atoms with Crippen LogP contribution in [0.15, 0.2) is 71.6 Å². The molecule has 0 saturated carbocycles. The van der Waals surface area contributed by atoms with Crippen LogP contribution in [0.1, 0.15) is 5.56 Å². The molecule has 3 aromatic rings. The van der Waals surface area contributed by atoms with Crippen molar-refractivity contribution in [3.05, 3.63) is 77.3 Å². The van der Waals surface area contributed by atoms with Crippen LogP contribution in [0, 0.1) is 0 Å². The zero-order chi connectivity index (χ0) is 23.8. The molecule has 3 N–H and O–H groups in total. The van der Waals surface area contributed by atoms with E-state index in [9.17, 15) is 13.2 Å². The van der Waals surface area contributed by atoms with Gasteiger partial charge >= 0.3 is 0 Å². The molecule has 0 aromatic heterocycles. The maximum atomic E-state index is 12.6. The van der Waals surface area contributed by atoms with Crippen molar-refractivity contribution in [3.8, 4) is 17.2 Å². The van der Waals surface area contributed by atoms with Crippen molar-refractivity contribution in [2.24, 2.45) is 5.14 Å². The van der Waals surface area contributed by atoms with E-state index < -0.39 is 10.0 Å². The molecular weight excluding hydrogens is 468 g/mol. The van der Waals surface area contributed by atoms with E-state index in [2.05, 4.69) is 5.32 Å². The van der Waals surface area contributed by atoms with Crippen LogP contribution in [0.4, 0.5) is 5.69 Å². The molecule has 0 atom stereocenters. The summed E-state index contributed by atoms with van der Waals surface area (Å²) in [6, 6.07) is 17.8. The van der Waals surface area contributed by atoms with Crippen LogP contribution in [0.25, 0.3) is 0 Å². The predicted octanol–water partition coefficient (Wildman–Crippen LogP) is 3.99. The standard InChI is InChI=1S/C23H23ClN2O6S/c1-30-11-12-31-20-8-3-2-5-16(20)13-23(27)26-18-9-10-21(22(15-18)33(25,28)29)32-19-7-4-6-17(24)14-19/h2-10,14-15H,11-13H2,1H3,(H,26,27)(H2,25,28,29). The number of nitrogens with one attached hydrogen (secondary N) is 1. The number of halogens is 1. The van der Waals surface area contributed by atoms with Gasteiger partial charge in [0.2, 0.25) is 15.9 Å². The highest BCUT2D eigenvalue weighted by molar-refractivity contribution is 7.89. The summed E-state index contributed by atoms with van der Waals surface area (Å²) in [6.45, 7) is 0.765. The van der Waals surface area contributed by atoms with Crippen molar-refractivity contribution in [1.82, 2.24) is 0 Å². The van der Waals surface area contributed by atoms with Gasteiger partial charge in [-0.2, -0.15) is 0 Å². The van der Waals surface area contributed by atoms with E-state index in [1.165, 1.54) is 24.3 Å². The molecule has 10 heteroatoms. The summed E-state index contributed by atoms with van der Waals surface area (Å²) in [5.41, 5.74) is 0.930. The second-order valence-corrected chi connectivity index (χ2v) is 8.91. The Hall–Kier alpha value is -3.11. The third-order valence-corrected chi connectivity index (χ3v) is 5.59. The van der Waals surface area contributed by atoms with Crippen molar-refractivity contribution in [2.45, 2.75) is 11.3 Å². The molecule has 3 rings (SSSR count). The number of amides is 1. The molecule has 1 amide bonds. The fraction of sp³-hybridized carbons (Fsp3) is 0.174. The molecule has 0 fully saturated rings. The summed E-state index contributed by atoms with van der Waals surface area (Å²) in [5, 5.41) is 8.48. The number of benzene rings is 3. The number of primary sulfonamides is 1. The van der Waals surface area contributed by atoms with Gasteiger partial charge < -0.3 is 19.5 Å². The Morgan fingerprint density at radius 1 is 1.00 bits per heavy atom. The summed E-state index contributed by atoms with van der Waals surface area (Å²) in [7, 11) is -2.57. The third kappa shape index (κ3) is 7.19. The molecule has 0 spiro atoms. The first kappa shape index (κ1) is 24.5. The maximum absolute atomic E-state index is 12.6. The van der Waals surface area contributed by atoms with Crippen LogP contribution in [-0.2, 0) is 26.0 Å². The van der Waals surface area contributed by atoms with Gasteiger partial charge in [0.15, 0.2) is 0 Å². The lowest BCUT2D eigenvalue weighted by atomic mass is 10.1. The average Bonchev–Trinajstić information content (AvgIpc) is 2.75. The van der Waals surface area contributed by atoms with Crippen molar-refractivity contribution in [2.75, 3.05) is 25.6 Å². The fourth-order valence-corrected chi connectivity index (χ4v) is 3.82. The zero-order valence-corrected chi connectivity index (χ0v) is 19.4. The molecule has 0 heterocycles. The van der Waals surface area contributed by atoms with Gasteiger partial charge in [0.1, 0.15) is 28.8 Å². The quantitative estimate of drug-likeness (QED) is 0.415. The predicted molar refractivity (Wildman–Crippen MR) is 125 cm³/mol. The molecule has 174 valence electrons. The minimum Gasteiger partial charge on any atom is -0.491 e. The topological polar surface area (TPSA) is 117 Å². The summed E-state index contributed by atoms with van der Waals surface area (Å²) in [6.07, 6.45) is 0.0225. The molecule has 0 bridgehead atoms. The Morgan fingerprint density at radius 2 is 1.79 bits per heavy atom. The Kier molecular flexibility index (Phi) is 8.29. The number of hydrogen-bond donors (Lipinski definition) is 2. The number of carbonyl (C=O) groups excluding carboxylic acids is 1. The minimum absolute atomic E-state index is 0.00894. The highest BCUT2D eigenvalue weighted by Crippen LogP contribution is 2.32. The van der Waals surface area contributed by atoms with E-state index >= 15 is 0 Å². The van der Waals surface area contributed by atoms with Crippen molar-refractivity contribution < 1.29 is 27.4 Å². The van der Waals surface area contributed by atoms with Crippen LogP contribution in [-0.4, -0.2) is 34.6 Å². The zero-order valence-electron chi connectivity index (χ0n) is 17.8. The van der Waals surface area contributed by atoms with E-state index in [4.69, 9.17) is 31.0 Å². The van der Waals surface area contributed by atoms with E-state index in [1.807, 2.05) is 0 Å². The smallest absolute Gasteiger partial charge is 0.241 e. The Balaban J connectivity index is 1.77. The van der Waals surface area contributed by atoms with Gasteiger partial charge in [-0.15, -0.1) is 0 Å². The second-order valence-electron chi connectivity index (χ2n) is 6.94. The lowest BCUT2D eigenvalue weighted by Crippen LogP contribution is -2.17. The highest BCUT2D eigenvalue weighted by atomic mass is 35.5. The molecule has 8 nitrogen and oxygen atoms in total. The minimum atomic E-state index is -4.14. The van der Waals surface area contributed by atoms with E-state index in [0.29, 0.717) is 35.3 Å². The van der Waals surface area contributed by atoms with E-state index in [-0.39, 0.29) is 28.7 Å². The molecule has 0 aliphatic carbocycles. The molecular formula is C23H23ClN2O6S. The monoisotopic (exact) mass is 490 g/mol. The molecule has 0 saturated heterocycles. The number of sulfonamides is 1. The van der Waals surface area contributed by atoms with Crippen molar-refractivity contribution in [1.29, 1.82) is 0 Å². The Labute approximate surface area is 197 Å². The van der Waals surface area contributed by atoms with Gasteiger partial charge in [-0.3, -0.25) is 4.79 Å². The van der Waals surface area contributed by atoms with Crippen LogP contribution in [0.2, 0.25) is 5.02 Å². The molecule has 0 radical (unpaired) electrons. The van der Waals surface area contributed by atoms with Crippen molar-refractivity contribution in [3.63, 3.8) is 0 Å². The molecule has 0 unspecified atom stereocenters.